The lowest BCUT2D eigenvalue weighted by molar-refractivity contribution is 0.619. The van der Waals surface area contributed by atoms with Gasteiger partial charge in [0.1, 0.15) is 0 Å². The first-order valence-corrected chi connectivity index (χ1v) is 4.80. The van der Waals surface area contributed by atoms with Gasteiger partial charge in [-0.1, -0.05) is 13.8 Å². The Labute approximate surface area is 84.1 Å². The van der Waals surface area contributed by atoms with Crippen LogP contribution in [0.5, 0.6) is 0 Å². The monoisotopic (exact) mass is 197 g/mol. The van der Waals surface area contributed by atoms with Gasteiger partial charge in [-0.25, -0.2) is 4.68 Å². The summed E-state index contributed by atoms with van der Waals surface area (Å²) in [5, 5.41) is 7.92. The fourth-order valence-electron chi connectivity index (χ4n) is 0.896. The third-order valence-electron chi connectivity index (χ3n) is 1.58. The van der Waals surface area contributed by atoms with Crippen molar-refractivity contribution >= 4 is 17.3 Å². The molecule has 1 heterocycles. The topological polar surface area (TPSA) is 29.9 Å². The average Bonchev–Trinajstić information content (AvgIpc) is 2.47. The van der Waals surface area contributed by atoms with E-state index in [1.807, 2.05) is 13.1 Å². The molecule has 1 aromatic heterocycles. The first kappa shape index (κ1) is 10.2. The lowest BCUT2D eigenvalue weighted by atomic mass is 10.2. The van der Waals surface area contributed by atoms with Gasteiger partial charge in [0.2, 0.25) is 0 Å². The summed E-state index contributed by atoms with van der Waals surface area (Å²) in [7, 11) is 0. The highest BCUT2D eigenvalue weighted by atomic mass is 32.1. The summed E-state index contributed by atoms with van der Waals surface area (Å²) in [5.74, 6) is 0.592. The minimum atomic E-state index is 0.592. The Bertz CT molecular complexity index is 291. The molecule has 3 nitrogen and oxygen atoms in total. The minimum Gasteiger partial charge on any atom is -0.361 e. The molecule has 0 aromatic carbocycles. The molecule has 0 aliphatic heterocycles. The second kappa shape index (κ2) is 4.37. The molecule has 1 aromatic rings. The normalized spacial score (nSPS) is 10.5. The molecule has 0 amide bonds. The van der Waals surface area contributed by atoms with Gasteiger partial charge in [0, 0.05) is 12.7 Å². The third kappa shape index (κ3) is 3.14. The summed E-state index contributed by atoms with van der Waals surface area (Å²) in [6.45, 7) is 7.17. The minimum absolute atomic E-state index is 0.592. The number of hydrogen-bond acceptors (Lipinski definition) is 2. The van der Waals surface area contributed by atoms with E-state index in [9.17, 15) is 0 Å². The molecule has 0 bridgehead atoms. The van der Waals surface area contributed by atoms with Crippen molar-refractivity contribution < 1.29 is 0 Å². The van der Waals surface area contributed by atoms with Crippen LogP contribution in [-0.2, 0) is 0 Å². The number of aromatic nitrogens is 2. The Morgan fingerprint density at radius 2 is 2.38 bits per heavy atom. The fraction of sp³-hybridized carbons (Fsp3) is 0.556. The summed E-state index contributed by atoms with van der Waals surface area (Å²) in [6, 6.07) is 0. The maximum Gasteiger partial charge on any atom is 0.193 e. The van der Waals surface area contributed by atoms with E-state index >= 15 is 0 Å². The van der Waals surface area contributed by atoms with Crippen molar-refractivity contribution in [1.29, 1.82) is 0 Å². The van der Waals surface area contributed by atoms with Crippen LogP contribution in [0.1, 0.15) is 19.4 Å². The molecule has 0 aliphatic rings. The zero-order chi connectivity index (χ0) is 9.84. The molecule has 72 valence electrons. The summed E-state index contributed by atoms with van der Waals surface area (Å²) < 4.78 is 1.69. The van der Waals surface area contributed by atoms with Gasteiger partial charge in [-0.2, -0.15) is 5.10 Å². The average molecular weight is 197 g/mol. The first-order valence-electron chi connectivity index (χ1n) is 4.39. The van der Waals surface area contributed by atoms with Crippen LogP contribution in [0.4, 0.5) is 0 Å². The second-order valence-corrected chi connectivity index (χ2v) is 3.93. The Kier molecular flexibility index (Phi) is 3.42. The zero-order valence-corrected chi connectivity index (χ0v) is 9.06. The van der Waals surface area contributed by atoms with Crippen molar-refractivity contribution in [3.63, 3.8) is 0 Å². The number of nitrogens with one attached hydrogen (secondary N) is 1. The number of nitrogens with zero attached hydrogens (tertiary/aromatic N) is 2. The summed E-state index contributed by atoms with van der Waals surface area (Å²) in [6.07, 6.45) is 3.71. The Balaban J connectivity index is 2.49. The van der Waals surface area contributed by atoms with Crippen molar-refractivity contribution in [3.05, 3.63) is 18.0 Å². The van der Waals surface area contributed by atoms with Crippen LogP contribution in [0, 0.1) is 12.8 Å². The van der Waals surface area contributed by atoms with Crippen LogP contribution >= 0.6 is 12.2 Å². The highest BCUT2D eigenvalue weighted by Crippen LogP contribution is 1.94. The summed E-state index contributed by atoms with van der Waals surface area (Å²) in [5.41, 5.74) is 1.12. The van der Waals surface area contributed by atoms with Gasteiger partial charge in [-0.05, 0) is 30.6 Å². The highest BCUT2D eigenvalue weighted by molar-refractivity contribution is 7.80. The van der Waals surface area contributed by atoms with Gasteiger partial charge in [-0.15, -0.1) is 0 Å². The molecule has 4 heteroatoms. The van der Waals surface area contributed by atoms with Crippen LogP contribution in [0.2, 0.25) is 0 Å². The fourth-order valence-corrected chi connectivity index (χ4v) is 1.08. The van der Waals surface area contributed by atoms with Crippen LogP contribution < -0.4 is 5.32 Å². The van der Waals surface area contributed by atoms with E-state index in [0.29, 0.717) is 11.0 Å². The van der Waals surface area contributed by atoms with Crippen molar-refractivity contribution in [3.8, 4) is 0 Å². The molecule has 1 rings (SSSR count). The Hall–Kier alpha value is -0.900. The van der Waals surface area contributed by atoms with E-state index in [1.165, 1.54) is 0 Å². The van der Waals surface area contributed by atoms with Gasteiger partial charge < -0.3 is 5.32 Å². The van der Waals surface area contributed by atoms with Crippen molar-refractivity contribution in [2.75, 3.05) is 6.54 Å². The van der Waals surface area contributed by atoms with Gasteiger partial charge in [0.15, 0.2) is 5.11 Å². The van der Waals surface area contributed by atoms with Gasteiger partial charge in [-0.3, -0.25) is 0 Å². The van der Waals surface area contributed by atoms with Crippen LogP contribution in [-0.4, -0.2) is 21.4 Å². The largest absolute Gasteiger partial charge is 0.361 e. The number of aryl methyl sites for hydroxylation is 1. The number of hydrogen-bond donors (Lipinski definition) is 1. The van der Waals surface area contributed by atoms with E-state index in [0.717, 1.165) is 12.1 Å². The molecule has 0 unspecified atom stereocenters. The van der Waals surface area contributed by atoms with Crippen LogP contribution in [0.25, 0.3) is 0 Å². The Morgan fingerprint density at radius 3 is 2.85 bits per heavy atom. The van der Waals surface area contributed by atoms with E-state index in [1.54, 1.807) is 10.9 Å². The van der Waals surface area contributed by atoms with E-state index < -0.39 is 0 Å². The smallest absolute Gasteiger partial charge is 0.193 e. The van der Waals surface area contributed by atoms with Gasteiger partial charge in [0.25, 0.3) is 0 Å². The second-order valence-electron chi connectivity index (χ2n) is 3.54. The third-order valence-corrected chi connectivity index (χ3v) is 1.91. The molecule has 13 heavy (non-hydrogen) atoms. The molecule has 0 atom stereocenters. The maximum absolute atomic E-state index is 5.14. The van der Waals surface area contributed by atoms with Crippen molar-refractivity contribution in [1.82, 2.24) is 15.1 Å². The summed E-state index contributed by atoms with van der Waals surface area (Å²) >= 11 is 5.14. The SMILES string of the molecule is Cc1cnn(C(=S)NCC(C)C)c1. The summed E-state index contributed by atoms with van der Waals surface area (Å²) in [4.78, 5) is 0. The lowest BCUT2D eigenvalue weighted by Gasteiger charge is -2.09. The molecule has 0 aliphatic carbocycles. The standard InChI is InChI=1S/C9H15N3S/c1-7(2)4-10-9(13)12-6-8(3)5-11-12/h5-7H,4H2,1-3H3,(H,10,13). The van der Waals surface area contributed by atoms with E-state index in [4.69, 9.17) is 12.2 Å². The van der Waals surface area contributed by atoms with E-state index in [2.05, 4.69) is 24.3 Å². The van der Waals surface area contributed by atoms with Crippen LogP contribution in [0.3, 0.4) is 0 Å². The first-order chi connectivity index (χ1) is 6.09. The molecule has 1 N–H and O–H groups in total. The molecule has 0 saturated carbocycles. The molecule has 0 saturated heterocycles. The number of thiocarbonyl (C=S) groups is 1. The maximum atomic E-state index is 5.14. The highest BCUT2D eigenvalue weighted by Gasteiger charge is 2.01. The van der Waals surface area contributed by atoms with E-state index in [-0.39, 0.29) is 0 Å². The quantitative estimate of drug-likeness (QED) is 0.730. The molecule has 0 radical (unpaired) electrons. The van der Waals surface area contributed by atoms with Gasteiger partial charge in [0.05, 0.1) is 6.20 Å². The molecular weight excluding hydrogens is 182 g/mol. The van der Waals surface area contributed by atoms with Crippen molar-refractivity contribution in [2.24, 2.45) is 5.92 Å². The van der Waals surface area contributed by atoms with Crippen molar-refractivity contribution in [2.45, 2.75) is 20.8 Å². The lowest BCUT2D eigenvalue weighted by Crippen LogP contribution is -2.31. The molecule has 0 fully saturated rings. The van der Waals surface area contributed by atoms with Crippen LogP contribution in [0.15, 0.2) is 12.4 Å². The zero-order valence-electron chi connectivity index (χ0n) is 8.24. The Morgan fingerprint density at radius 1 is 1.69 bits per heavy atom. The number of rotatable bonds is 2. The molecular formula is C9H15N3S. The molecule has 0 spiro atoms. The van der Waals surface area contributed by atoms with Gasteiger partial charge >= 0.3 is 0 Å². The predicted molar refractivity (Wildman–Crippen MR) is 57.8 cm³/mol. The predicted octanol–water partition coefficient (Wildman–Crippen LogP) is 1.57.